The summed E-state index contributed by atoms with van der Waals surface area (Å²) in [5, 5.41) is 0. The van der Waals surface area contributed by atoms with Gasteiger partial charge in [0.15, 0.2) is 0 Å². The summed E-state index contributed by atoms with van der Waals surface area (Å²) in [6.07, 6.45) is 11.9. The maximum absolute atomic E-state index is 2.33. The molecule has 0 saturated heterocycles. The van der Waals surface area contributed by atoms with Crippen molar-refractivity contribution in [1.29, 1.82) is 0 Å². The smallest absolute Gasteiger partial charge is 0.0360 e. The average Bonchev–Trinajstić information content (AvgIpc) is 2.53. The summed E-state index contributed by atoms with van der Waals surface area (Å²) >= 11 is 0. The van der Waals surface area contributed by atoms with Gasteiger partial charge in [0.25, 0.3) is 0 Å². The zero-order valence-electron chi connectivity index (χ0n) is 10.1. The predicted molar refractivity (Wildman–Crippen MR) is 66.8 cm³/mol. The molecule has 15 heavy (non-hydrogen) atoms. The van der Waals surface area contributed by atoms with E-state index in [1.54, 1.807) is 0 Å². The molecule has 2 nitrogen and oxygen atoms in total. The predicted octanol–water partition coefficient (Wildman–Crippen LogP) is 2.27. The van der Waals surface area contributed by atoms with Crippen LogP contribution in [-0.2, 0) is 0 Å². The quantitative estimate of drug-likeness (QED) is 0.681. The summed E-state index contributed by atoms with van der Waals surface area (Å²) in [5.41, 5.74) is 1.30. The Kier molecular flexibility index (Phi) is 5.19. The first kappa shape index (κ1) is 12.1. The molecule has 0 saturated carbocycles. The number of hydrogen-bond donors (Lipinski definition) is 0. The van der Waals surface area contributed by atoms with Gasteiger partial charge in [-0.2, -0.15) is 0 Å². The molecule has 0 aromatic heterocycles. The molecule has 0 N–H and O–H groups in total. The Labute approximate surface area is 93.6 Å². The lowest BCUT2D eigenvalue weighted by Crippen LogP contribution is -2.29. The van der Waals surface area contributed by atoms with Gasteiger partial charge < -0.3 is 9.80 Å². The van der Waals surface area contributed by atoms with E-state index in [9.17, 15) is 0 Å². The highest BCUT2D eigenvalue weighted by Crippen LogP contribution is 2.08. The monoisotopic (exact) mass is 206 g/mol. The van der Waals surface area contributed by atoms with Crippen LogP contribution in [0, 0.1) is 0 Å². The maximum Gasteiger partial charge on any atom is 0.0360 e. The minimum Gasteiger partial charge on any atom is -0.373 e. The molecule has 0 amide bonds. The number of likely N-dealkylation sites (N-methyl/N-ethyl adjacent to an activating group) is 2. The van der Waals surface area contributed by atoms with Gasteiger partial charge >= 0.3 is 0 Å². The van der Waals surface area contributed by atoms with Gasteiger partial charge in [0.2, 0.25) is 0 Å². The van der Waals surface area contributed by atoms with Gasteiger partial charge in [0.05, 0.1) is 0 Å². The zero-order chi connectivity index (χ0) is 11.1. The highest BCUT2D eigenvalue weighted by Gasteiger charge is 2.02. The molecule has 84 valence electrons. The van der Waals surface area contributed by atoms with Crippen LogP contribution in [0.3, 0.4) is 0 Å². The van der Waals surface area contributed by atoms with E-state index in [4.69, 9.17) is 0 Å². The number of hydrogen-bond acceptors (Lipinski definition) is 2. The van der Waals surface area contributed by atoms with E-state index in [-0.39, 0.29) is 0 Å². The van der Waals surface area contributed by atoms with Crippen LogP contribution in [0.2, 0.25) is 0 Å². The fourth-order valence-electron chi connectivity index (χ4n) is 1.43. The number of allylic oxidation sites excluding steroid dienone is 5. The topological polar surface area (TPSA) is 6.48 Å². The van der Waals surface area contributed by atoms with Gasteiger partial charge in [-0.15, -0.1) is 0 Å². The molecule has 0 atom stereocenters. The van der Waals surface area contributed by atoms with Crippen molar-refractivity contribution in [3.63, 3.8) is 0 Å². The normalized spacial score (nSPS) is 15.3. The maximum atomic E-state index is 2.33. The van der Waals surface area contributed by atoms with E-state index in [0.29, 0.717) is 0 Å². The van der Waals surface area contributed by atoms with Crippen molar-refractivity contribution in [3.8, 4) is 0 Å². The van der Waals surface area contributed by atoms with Gasteiger partial charge in [-0.1, -0.05) is 25.2 Å². The summed E-state index contributed by atoms with van der Waals surface area (Å²) in [6.45, 7) is 5.49. The van der Waals surface area contributed by atoms with Crippen LogP contribution >= 0.6 is 0 Å². The number of nitrogens with zero attached hydrogens (tertiary/aromatic N) is 2. The third-order valence-electron chi connectivity index (χ3n) is 2.76. The molecule has 0 aliphatic heterocycles. The first-order valence-corrected chi connectivity index (χ1v) is 5.67. The molecule has 0 radical (unpaired) electrons. The third-order valence-corrected chi connectivity index (χ3v) is 2.76. The van der Waals surface area contributed by atoms with Crippen molar-refractivity contribution >= 4 is 0 Å². The Balaban J connectivity index is 2.42. The molecule has 1 rings (SSSR count). The van der Waals surface area contributed by atoms with E-state index >= 15 is 0 Å². The molecule has 0 fully saturated rings. The van der Waals surface area contributed by atoms with E-state index in [0.717, 1.165) is 26.1 Å². The standard InChI is InChI=1S/C13H22N2/c1-4-14(2)11-12-15(3)13-9-7-5-6-8-10-13/h5,7-10H,4,6,11-12H2,1-3H3. The largest absolute Gasteiger partial charge is 0.373 e. The van der Waals surface area contributed by atoms with Gasteiger partial charge in [-0.05, 0) is 32.2 Å². The second-order valence-corrected chi connectivity index (χ2v) is 3.98. The average molecular weight is 206 g/mol. The number of rotatable bonds is 5. The van der Waals surface area contributed by atoms with Crippen molar-refractivity contribution in [1.82, 2.24) is 9.80 Å². The second-order valence-electron chi connectivity index (χ2n) is 3.98. The zero-order valence-corrected chi connectivity index (χ0v) is 10.1. The summed E-state index contributed by atoms with van der Waals surface area (Å²) < 4.78 is 0. The van der Waals surface area contributed by atoms with Crippen LogP contribution < -0.4 is 0 Å². The summed E-state index contributed by atoms with van der Waals surface area (Å²) in [4.78, 5) is 4.63. The van der Waals surface area contributed by atoms with Crippen LogP contribution in [0.5, 0.6) is 0 Å². The van der Waals surface area contributed by atoms with Crippen LogP contribution in [0.1, 0.15) is 13.3 Å². The van der Waals surface area contributed by atoms with Crippen LogP contribution in [0.25, 0.3) is 0 Å². The lowest BCUT2D eigenvalue weighted by molar-refractivity contribution is 0.300. The molecule has 1 aliphatic carbocycles. The molecule has 0 bridgehead atoms. The van der Waals surface area contributed by atoms with E-state index in [2.05, 4.69) is 61.2 Å². The summed E-state index contributed by atoms with van der Waals surface area (Å²) in [5.74, 6) is 0. The Bertz CT molecular complexity index is 264. The lowest BCUT2D eigenvalue weighted by atomic mass is 10.3. The van der Waals surface area contributed by atoms with Crippen molar-refractivity contribution < 1.29 is 0 Å². The molecule has 0 spiro atoms. The lowest BCUT2D eigenvalue weighted by Gasteiger charge is -2.23. The molecule has 0 heterocycles. The first-order valence-electron chi connectivity index (χ1n) is 5.67. The highest BCUT2D eigenvalue weighted by atomic mass is 15.2. The van der Waals surface area contributed by atoms with Crippen molar-refractivity contribution in [2.75, 3.05) is 33.7 Å². The van der Waals surface area contributed by atoms with Crippen LogP contribution in [-0.4, -0.2) is 43.5 Å². The highest BCUT2D eigenvalue weighted by molar-refractivity contribution is 5.26. The third kappa shape index (κ3) is 4.34. The SMILES string of the molecule is CCN(C)CCN(C)C1=CC=CCC=C1. The van der Waals surface area contributed by atoms with Crippen molar-refractivity contribution in [2.45, 2.75) is 13.3 Å². The van der Waals surface area contributed by atoms with Crippen LogP contribution in [0.15, 0.2) is 36.1 Å². The van der Waals surface area contributed by atoms with Gasteiger partial charge in [0.1, 0.15) is 0 Å². The molecule has 0 aromatic rings. The fourth-order valence-corrected chi connectivity index (χ4v) is 1.43. The molecule has 0 unspecified atom stereocenters. The molecule has 0 aromatic carbocycles. The molecule has 1 aliphatic rings. The summed E-state index contributed by atoms with van der Waals surface area (Å²) in [6, 6.07) is 0. The Morgan fingerprint density at radius 1 is 1.20 bits per heavy atom. The van der Waals surface area contributed by atoms with Crippen molar-refractivity contribution in [3.05, 3.63) is 36.1 Å². The fraction of sp³-hybridized carbons (Fsp3) is 0.538. The molecular formula is C13H22N2. The summed E-state index contributed by atoms with van der Waals surface area (Å²) in [7, 11) is 4.31. The Hall–Kier alpha value is -1.02. The molecular weight excluding hydrogens is 184 g/mol. The van der Waals surface area contributed by atoms with Gasteiger partial charge in [0, 0.05) is 25.8 Å². The van der Waals surface area contributed by atoms with Gasteiger partial charge in [-0.3, -0.25) is 0 Å². The first-order chi connectivity index (χ1) is 7.24. The van der Waals surface area contributed by atoms with E-state index in [1.165, 1.54) is 5.70 Å². The molecule has 2 heteroatoms. The van der Waals surface area contributed by atoms with Crippen LogP contribution in [0.4, 0.5) is 0 Å². The Morgan fingerprint density at radius 2 is 2.00 bits per heavy atom. The minimum absolute atomic E-state index is 1.04. The van der Waals surface area contributed by atoms with E-state index in [1.807, 2.05) is 0 Å². The second kappa shape index (κ2) is 6.46. The Morgan fingerprint density at radius 3 is 2.73 bits per heavy atom. The van der Waals surface area contributed by atoms with Crippen molar-refractivity contribution in [2.24, 2.45) is 0 Å². The van der Waals surface area contributed by atoms with Gasteiger partial charge in [-0.25, -0.2) is 0 Å². The minimum atomic E-state index is 1.04. The van der Waals surface area contributed by atoms with E-state index < -0.39 is 0 Å².